The Kier molecular flexibility index (Phi) is 7.39. The average Bonchev–Trinajstić information content (AvgIpc) is 3.82. The minimum Gasteiger partial charge on any atom is -0.456 e. The van der Waals surface area contributed by atoms with Gasteiger partial charge in [0.2, 0.25) is 0 Å². The molecule has 3 heteroatoms. The largest absolute Gasteiger partial charge is 0.456 e. The van der Waals surface area contributed by atoms with Crippen LogP contribution in [-0.4, -0.2) is 0 Å². The van der Waals surface area contributed by atoms with E-state index >= 15 is 0 Å². The molecule has 258 valence electrons. The molecule has 0 saturated heterocycles. The molecule has 9 aromatic carbocycles. The third-order valence-electron chi connectivity index (χ3n) is 10.9. The number of anilines is 3. The molecule has 2 heterocycles. The van der Waals surface area contributed by atoms with Crippen molar-refractivity contribution in [3.05, 3.63) is 200 Å². The molecule has 55 heavy (non-hydrogen) atoms. The van der Waals surface area contributed by atoms with Gasteiger partial charge >= 0.3 is 0 Å². The fourth-order valence-corrected chi connectivity index (χ4v) is 9.52. The van der Waals surface area contributed by atoms with Crippen LogP contribution in [0.15, 0.2) is 205 Å². The van der Waals surface area contributed by atoms with Crippen LogP contribution in [0.5, 0.6) is 0 Å². The minimum atomic E-state index is 0.868. The number of hydrogen-bond donors (Lipinski definition) is 0. The van der Waals surface area contributed by atoms with Crippen LogP contribution in [0.2, 0.25) is 0 Å². The summed E-state index contributed by atoms with van der Waals surface area (Å²) >= 11 is 1.87. The van der Waals surface area contributed by atoms with Crippen molar-refractivity contribution in [2.24, 2.45) is 0 Å². The molecular formula is C52H33NOS. The van der Waals surface area contributed by atoms with Crippen molar-refractivity contribution in [1.29, 1.82) is 0 Å². The Bertz CT molecular complexity index is 3200. The van der Waals surface area contributed by atoms with E-state index in [-0.39, 0.29) is 0 Å². The van der Waals surface area contributed by atoms with E-state index in [9.17, 15) is 0 Å². The molecule has 0 N–H and O–H groups in total. The van der Waals surface area contributed by atoms with Crippen molar-refractivity contribution in [3.8, 4) is 33.4 Å². The van der Waals surface area contributed by atoms with Crippen molar-refractivity contribution in [2.45, 2.75) is 0 Å². The number of hydrogen-bond acceptors (Lipinski definition) is 3. The fourth-order valence-electron chi connectivity index (χ4n) is 8.29. The van der Waals surface area contributed by atoms with E-state index in [1.807, 2.05) is 23.5 Å². The highest BCUT2D eigenvalue weighted by Crippen LogP contribution is 2.46. The summed E-state index contributed by atoms with van der Waals surface area (Å²) in [5, 5.41) is 7.32. The first kappa shape index (κ1) is 31.6. The Labute approximate surface area is 322 Å². The maximum absolute atomic E-state index is 6.45. The van der Waals surface area contributed by atoms with Gasteiger partial charge in [0.05, 0.1) is 0 Å². The number of thiophene rings is 1. The lowest BCUT2D eigenvalue weighted by atomic mass is 9.92. The number of benzene rings is 9. The van der Waals surface area contributed by atoms with E-state index in [2.05, 4.69) is 193 Å². The predicted octanol–water partition coefficient (Wildman–Crippen LogP) is 15.6. The van der Waals surface area contributed by atoms with Crippen LogP contribution < -0.4 is 4.90 Å². The molecule has 0 radical (unpaired) electrons. The van der Waals surface area contributed by atoms with Gasteiger partial charge in [-0.25, -0.2) is 0 Å². The monoisotopic (exact) mass is 719 g/mol. The molecule has 0 aliphatic rings. The highest BCUT2D eigenvalue weighted by Gasteiger charge is 2.20. The molecule has 0 spiro atoms. The summed E-state index contributed by atoms with van der Waals surface area (Å²) in [5.41, 5.74) is 12.2. The summed E-state index contributed by atoms with van der Waals surface area (Å²) in [5.74, 6) is 0. The molecule has 0 aliphatic heterocycles. The highest BCUT2D eigenvalue weighted by molar-refractivity contribution is 7.26. The van der Waals surface area contributed by atoms with Gasteiger partial charge in [0, 0.05) is 59.6 Å². The van der Waals surface area contributed by atoms with Gasteiger partial charge in [-0.05, 0) is 87.1 Å². The maximum atomic E-state index is 6.45. The summed E-state index contributed by atoms with van der Waals surface area (Å²) in [4.78, 5) is 2.36. The normalized spacial score (nSPS) is 11.6. The molecular weight excluding hydrogens is 687 g/mol. The molecule has 11 rings (SSSR count). The van der Waals surface area contributed by atoms with Crippen molar-refractivity contribution in [2.75, 3.05) is 4.90 Å². The first-order chi connectivity index (χ1) is 27.3. The summed E-state index contributed by atoms with van der Waals surface area (Å²) in [6.45, 7) is 0. The maximum Gasteiger partial charge on any atom is 0.137 e. The van der Waals surface area contributed by atoms with E-state index in [0.717, 1.165) is 39.0 Å². The molecule has 0 amide bonds. The summed E-state index contributed by atoms with van der Waals surface area (Å²) in [7, 11) is 0. The van der Waals surface area contributed by atoms with Gasteiger partial charge < -0.3 is 9.32 Å². The second-order valence-electron chi connectivity index (χ2n) is 14.1. The first-order valence-corrected chi connectivity index (χ1v) is 19.5. The van der Waals surface area contributed by atoms with Gasteiger partial charge in [0.1, 0.15) is 11.2 Å². The number of rotatable bonds is 6. The van der Waals surface area contributed by atoms with Crippen molar-refractivity contribution < 1.29 is 4.42 Å². The highest BCUT2D eigenvalue weighted by atomic mass is 32.1. The minimum absolute atomic E-state index is 0.868. The Hall–Kier alpha value is -6.94. The Morgan fingerprint density at radius 3 is 1.85 bits per heavy atom. The second kappa shape index (κ2) is 12.9. The molecule has 2 nitrogen and oxygen atoms in total. The van der Waals surface area contributed by atoms with Gasteiger partial charge in [-0.15, -0.1) is 11.3 Å². The number of nitrogens with zero attached hydrogens (tertiary/aromatic N) is 1. The molecule has 0 saturated carbocycles. The van der Waals surface area contributed by atoms with Crippen LogP contribution in [0.25, 0.3) is 86.3 Å². The second-order valence-corrected chi connectivity index (χ2v) is 15.1. The first-order valence-electron chi connectivity index (χ1n) is 18.7. The zero-order chi connectivity index (χ0) is 36.3. The van der Waals surface area contributed by atoms with Gasteiger partial charge in [-0.1, -0.05) is 146 Å². The lowest BCUT2D eigenvalue weighted by Crippen LogP contribution is -2.10. The smallest absolute Gasteiger partial charge is 0.137 e. The van der Waals surface area contributed by atoms with Gasteiger partial charge in [-0.2, -0.15) is 0 Å². The Balaban J connectivity index is 1.13. The third-order valence-corrected chi connectivity index (χ3v) is 12.1. The summed E-state index contributed by atoms with van der Waals surface area (Å²) in [6, 6.07) is 72.2. The van der Waals surface area contributed by atoms with Crippen molar-refractivity contribution in [3.63, 3.8) is 0 Å². The van der Waals surface area contributed by atoms with E-state index < -0.39 is 0 Å². The lowest BCUT2D eigenvalue weighted by Gasteiger charge is -2.27. The zero-order valence-electron chi connectivity index (χ0n) is 29.8. The van der Waals surface area contributed by atoms with Gasteiger partial charge in [-0.3, -0.25) is 0 Å². The Morgan fingerprint density at radius 1 is 0.345 bits per heavy atom. The predicted molar refractivity (Wildman–Crippen MR) is 235 cm³/mol. The number of furan rings is 1. The molecule has 0 unspecified atom stereocenters. The summed E-state index contributed by atoms with van der Waals surface area (Å²) in [6.07, 6.45) is 0. The van der Waals surface area contributed by atoms with Crippen LogP contribution >= 0.6 is 11.3 Å². The van der Waals surface area contributed by atoms with Crippen LogP contribution in [0.1, 0.15) is 0 Å². The SMILES string of the molecule is c1ccc(-c2ccc(N(c3ccc(-c4cccc5ccccc45)cc3)c3ccc4c(c3)oc3ccccc34)cc2-c2cccc3c2sc2ccccc23)cc1. The van der Waals surface area contributed by atoms with Crippen LogP contribution in [0.4, 0.5) is 17.1 Å². The average molecular weight is 720 g/mol. The molecule has 0 aliphatic carbocycles. The topological polar surface area (TPSA) is 16.4 Å². The van der Waals surface area contributed by atoms with Crippen molar-refractivity contribution in [1.82, 2.24) is 0 Å². The molecule has 0 fully saturated rings. The molecule has 2 aromatic heterocycles. The lowest BCUT2D eigenvalue weighted by molar-refractivity contribution is 0.669. The van der Waals surface area contributed by atoms with Crippen LogP contribution in [-0.2, 0) is 0 Å². The fraction of sp³-hybridized carbons (Fsp3) is 0. The quantitative estimate of drug-likeness (QED) is 0.170. The zero-order valence-corrected chi connectivity index (χ0v) is 30.6. The summed E-state index contributed by atoms with van der Waals surface area (Å²) < 4.78 is 9.05. The molecule has 11 aromatic rings. The van der Waals surface area contributed by atoms with E-state index in [4.69, 9.17) is 4.42 Å². The van der Waals surface area contributed by atoms with E-state index in [1.54, 1.807) is 0 Å². The Morgan fingerprint density at radius 2 is 0.964 bits per heavy atom. The van der Waals surface area contributed by atoms with Crippen molar-refractivity contribution >= 4 is 81.3 Å². The van der Waals surface area contributed by atoms with Gasteiger partial charge in [0.15, 0.2) is 0 Å². The van der Waals surface area contributed by atoms with Gasteiger partial charge in [0.25, 0.3) is 0 Å². The molecule has 0 atom stereocenters. The van der Waals surface area contributed by atoms with E-state index in [1.165, 1.54) is 64.3 Å². The van der Waals surface area contributed by atoms with Crippen LogP contribution in [0.3, 0.4) is 0 Å². The number of para-hydroxylation sites is 1. The standard InChI is InChI=1S/C52H33NOS/c1-2-12-34(13-3-1)42-30-28-38(32-48(42)47-21-11-20-46-45-18-7-9-23-51(45)55-52(46)47)53(39-29-31-44-43-17-6-8-22-49(43)54-50(44)33-39)37-26-24-36(25-27-37)41-19-10-15-35-14-4-5-16-40(35)41/h1-33H. The molecule has 0 bridgehead atoms. The number of fused-ring (bicyclic) bond motifs is 7. The third kappa shape index (κ3) is 5.32. The van der Waals surface area contributed by atoms with Crippen LogP contribution in [0, 0.1) is 0 Å². The van der Waals surface area contributed by atoms with E-state index in [0.29, 0.717) is 0 Å².